The average molecular weight is 222 g/mol. The van der Waals surface area contributed by atoms with Gasteiger partial charge in [0.25, 0.3) is 0 Å². The first-order valence-electron chi connectivity index (χ1n) is 7.29. The minimum atomic E-state index is 0.804. The molecule has 4 unspecified atom stereocenters. The summed E-state index contributed by atoms with van der Waals surface area (Å²) in [4.78, 5) is 2.68. The van der Waals surface area contributed by atoms with E-state index in [9.17, 15) is 0 Å². The van der Waals surface area contributed by atoms with Crippen molar-refractivity contribution in [3.63, 3.8) is 0 Å². The molecule has 0 aromatic rings. The van der Waals surface area contributed by atoms with Crippen LogP contribution in [0.15, 0.2) is 0 Å². The summed E-state index contributed by atoms with van der Waals surface area (Å²) in [6.45, 7) is 6.39. The maximum absolute atomic E-state index is 3.89. The Hall–Kier alpha value is -0.0800. The monoisotopic (exact) mass is 222 g/mol. The molecule has 2 nitrogen and oxygen atoms in total. The maximum atomic E-state index is 3.89. The highest BCUT2D eigenvalue weighted by atomic mass is 15.2. The van der Waals surface area contributed by atoms with Gasteiger partial charge in [-0.05, 0) is 44.1 Å². The molecule has 3 rings (SSSR count). The number of hydrogen-bond acceptors (Lipinski definition) is 2. The summed E-state index contributed by atoms with van der Waals surface area (Å²) in [5.41, 5.74) is 0. The van der Waals surface area contributed by atoms with Crippen molar-refractivity contribution < 1.29 is 0 Å². The zero-order chi connectivity index (χ0) is 11.0. The summed E-state index contributed by atoms with van der Waals surface area (Å²) in [7, 11) is 0. The molecular weight excluding hydrogens is 196 g/mol. The van der Waals surface area contributed by atoms with Crippen LogP contribution in [0.2, 0.25) is 0 Å². The fourth-order valence-corrected chi connectivity index (χ4v) is 4.08. The van der Waals surface area contributed by atoms with Crippen LogP contribution in [0.3, 0.4) is 0 Å². The predicted molar refractivity (Wildman–Crippen MR) is 67.5 cm³/mol. The number of nitrogens with zero attached hydrogens (tertiary/aromatic N) is 1. The van der Waals surface area contributed by atoms with Gasteiger partial charge in [-0.15, -0.1) is 0 Å². The van der Waals surface area contributed by atoms with E-state index in [1.54, 1.807) is 0 Å². The van der Waals surface area contributed by atoms with Crippen LogP contribution in [-0.4, -0.2) is 36.6 Å². The van der Waals surface area contributed by atoms with Crippen LogP contribution < -0.4 is 5.32 Å². The third-order valence-electron chi connectivity index (χ3n) is 4.93. The standard InChI is InChI=1S/C14H26N2/c1-11-6-7-16(9-11)10-13-8-12-4-2-3-5-14(12)15-13/h11-15H,2-10H2,1H3. The second-order valence-electron chi connectivity index (χ2n) is 6.40. The lowest BCUT2D eigenvalue weighted by Crippen LogP contribution is -2.39. The van der Waals surface area contributed by atoms with Crippen molar-refractivity contribution in [2.45, 2.75) is 57.5 Å². The van der Waals surface area contributed by atoms with Crippen LogP contribution in [0, 0.1) is 11.8 Å². The van der Waals surface area contributed by atoms with E-state index in [0.717, 1.165) is 23.9 Å². The maximum Gasteiger partial charge on any atom is 0.0200 e. The smallest absolute Gasteiger partial charge is 0.0200 e. The predicted octanol–water partition coefficient (Wildman–Crippen LogP) is 2.25. The molecule has 0 aromatic heterocycles. The number of rotatable bonds is 2. The van der Waals surface area contributed by atoms with Crippen LogP contribution in [0.4, 0.5) is 0 Å². The molecule has 2 aliphatic heterocycles. The van der Waals surface area contributed by atoms with Gasteiger partial charge in [-0.25, -0.2) is 0 Å². The van der Waals surface area contributed by atoms with Crippen molar-refractivity contribution in [2.75, 3.05) is 19.6 Å². The molecule has 4 atom stereocenters. The van der Waals surface area contributed by atoms with E-state index in [1.165, 1.54) is 58.2 Å². The van der Waals surface area contributed by atoms with E-state index in [2.05, 4.69) is 17.1 Å². The second kappa shape index (κ2) is 4.66. The molecule has 0 radical (unpaired) electrons. The summed E-state index contributed by atoms with van der Waals surface area (Å²) in [5.74, 6) is 1.95. The zero-order valence-electron chi connectivity index (χ0n) is 10.6. The Morgan fingerprint density at radius 3 is 2.81 bits per heavy atom. The van der Waals surface area contributed by atoms with Gasteiger partial charge >= 0.3 is 0 Å². The first-order chi connectivity index (χ1) is 7.81. The fraction of sp³-hybridized carbons (Fsp3) is 1.00. The number of nitrogens with one attached hydrogen (secondary N) is 1. The Morgan fingerprint density at radius 2 is 2.06 bits per heavy atom. The summed E-state index contributed by atoms with van der Waals surface area (Å²) < 4.78 is 0. The van der Waals surface area contributed by atoms with E-state index in [0.29, 0.717) is 0 Å². The number of fused-ring (bicyclic) bond motifs is 1. The Kier molecular flexibility index (Phi) is 3.21. The Bertz CT molecular complexity index is 227. The van der Waals surface area contributed by atoms with E-state index >= 15 is 0 Å². The second-order valence-corrected chi connectivity index (χ2v) is 6.40. The summed E-state index contributed by atoms with van der Waals surface area (Å²) in [6.07, 6.45) is 8.75. The van der Waals surface area contributed by atoms with E-state index in [-0.39, 0.29) is 0 Å². The Labute approximate surface area is 99.8 Å². The summed E-state index contributed by atoms with van der Waals surface area (Å²) >= 11 is 0. The third-order valence-corrected chi connectivity index (χ3v) is 4.93. The van der Waals surface area contributed by atoms with E-state index in [4.69, 9.17) is 0 Å². The molecule has 3 fully saturated rings. The van der Waals surface area contributed by atoms with Gasteiger partial charge in [0, 0.05) is 25.2 Å². The molecule has 3 aliphatic rings. The van der Waals surface area contributed by atoms with Gasteiger partial charge in [0.1, 0.15) is 0 Å². The lowest BCUT2D eigenvalue weighted by Gasteiger charge is -2.24. The molecule has 2 heterocycles. The van der Waals surface area contributed by atoms with Crippen molar-refractivity contribution >= 4 is 0 Å². The van der Waals surface area contributed by atoms with Gasteiger partial charge in [-0.1, -0.05) is 19.8 Å². The Balaban J connectivity index is 1.49. The van der Waals surface area contributed by atoms with Gasteiger partial charge in [0.05, 0.1) is 0 Å². The minimum Gasteiger partial charge on any atom is -0.310 e. The average Bonchev–Trinajstić information content (AvgIpc) is 2.84. The topological polar surface area (TPSA) is 15.3 Å². The van der Waals surface area contributed by atoms with Gasteiger partial charge in [-0.3, -0.25) is 0 Å². The molecule has 0 spiro atoms. The first kappa shape index (κ1) is 11.0. The van der Waals surface area contributed by atoms with Crippen LogP contribution >= 0.6 is 0 Å². The number of hydrogen-bond donors (Lipinski definition) is 1. The SMILES string of the molecule is CC1CCN(CC2CC3CCCCC3N2)C1. The van der Waals surface area contributed by atoms with E-state index < -0.39 is 0 Å². The van der Waals surface area contributed by atoms with Gasteiger partial charge in [0.2, 0.25) is 0 Å². The molecule has 1 N–H and O–H groups in total. The van der Waals surface area contributed by atoms with Gasteiger partial charge in [-0.2, -0.15) is 0 Å². The molecule has 0 amide bonds. The van der Waals surface area contributed by atoms with Gasteiger partial charge in [0.15, 0.2) is 0 Å². The van der Waals surface area contributed by atoms with Crippen molar-refractivity contribution in [1.29, 1.82) is 0 Å². The van der Waals surface area contributed by atoms with E-state index in [1.807, 2.05) is 0 Å². The normalized spacial score (nSPS) is 44.8. The molecule has 92 valence electrons. The molecule has 0 aromatic carbocycles. The zero-order valence-corrected chi connectivity index (χ0v) is 10.6. The van der Waals surface area contributed by atoms with Crippen LogP contribution in [0.25, 0.3) is 0 Å². The van der Waals surface area contributed by atoms with Crippen LogP contribution in [0.1, 0.15) is 45.4 Å². The molecule has 0 bridgehead atoms. The molecular formula is C14H26N2. The molecule has 1 saturated carbocycles. The summed E-state index contributed by atoms with van der Waals surface area (Å²) in [5, 5.41) is 3.89. The van der Waals surface area contributed by atoms with Crippen molar-refractivity contribution in [1.82, 2.24) is 10.2 Å². The minimum absolute atomic E-state index is 0.804. The van der Waals surface area contributed by atoms with Gasteiger partial charge < -0.3 is 10.2 Å². The highest BCUT2D eigenvalue weighted by Crippen LogP contribution is 2.33. The van der Waals surface area contributed by atoms with Crippen LogP contribution in [-0.2, 0) is 0 Å². The molecule has 2 saturated heterocycles. The Morgan fingerprint density at radius 1 is 1.19 bits per heavy atom. The largest absolute Gasteiger partial charge is 0.310 e. The first-order valence-corrected chi connectivity index (χ1v) is 7.29. The van der Waals surface area contributed by atoms with Crippen molar-refractivity contribution in [2.24, 2.45) is 11.8 Å². The summed E-state index contributed by atoms with van der Waals surface area (Å²) in [6, 6.07) is 1.68. The third kappa shape index (κ3) is 2.28. The van der Waals surface area contributed by atoms with Crippen molar-refractivity contribution in [3.8, 4) is 0 Å². The lowest BCUT2D eigenvalue weighted by atomic mass is 9.85. The lowest BCUT2D eigenvalue weighted by molar-refractivity contribution is 0.290. The van der Waals surface area contributed by atoms with Crippen LogP contribution in [0.5, 0.6) is 0 Å². The number of likely N-dealkylation sites (tertiary alicyclic amines) is 1. The highest BCUT2D eigenvalue weighted by molar-refractivity contribution is 4.94. The van der Waals surface area contributed by atoms with Crippen molar-refractivity contribution in [3.05, 3.63) is 0 Å². The quantitative estimate of drug-likeness (QED) is 0.771. The highest BCUT2D eigenvalue weighted by Gasteiger charge is 2.36. The molecule has 16 heavy (non-hydrogen) atoms. The molecule has 1 aliphatic carbocycles. The molecule has 2 heteroatoms. The fourth-order valence-electron chi connectivity index (χ4n) is 4.08.